The van der Waals surface area contributed by atoms with E-state index in [0.717, 1.165) is 16.3 Å². The quantitative estimate of drug-likeness (QED) is 0.513. The molecule has 1 N–H and O–H groups in total. The van der Waals surface area contributed by atoms with Crippen LogP contribution in [0.25, 0.3) is 0 Å². The van der Waals surface area contributed by atoms with Gasteiger partial charge in [-0.05, 0) is 6.92 Å². The lowest BCUT2D eigenvalue weighted by molar-refractivity contribution is -0.170. The highest BCUT2D eigenvalue weighted by Crippen LogP contribution is 2.44. The number of aliphatic hydroxyl groups excluding tert-OH is 1. The van der Waals surface area contributed by atoms with E-state index in [9.17, 15) is 23.5 Å². The van der Waals surface area contributed by atoms with Gasteiger partial charge in [0.15, 0.2) is 0 Å². The number of carbonyl (C=O) groups is 2. The number of rotatable bonds is 5. The molecule has 0 radical (unpaired) electrons. The lowest BCUT2D eigenvalue weighted by atomic mass is 9.79. The summed E-state index contributed by atoms with van der Waals surface area (Å²) in [6.45, 7) is 1.27. The first kappa shape index (κ1) is 15.9. The molecule has 1 heterocycles. The second kappa shape index (κ2) is 5.73. The molecular weight excluding hydrogens is 300 g/mol. The van der Waals surface area contributed by atoms with Crippen LogP contribution in [0.4, 0.5) is 8.78 Å². The molecule has 0 aliphatic carbocycles. The minimum Gasteiger partial charge on any atom is -0.393 e. The molecule has 0 spiro atoms. The number of hydrogen-bond acceptors (Lipinski definition) is 4. The summed E-state index contributed by atoms with van der Waals surface area (Å²) in [5.41, 5.74) is -0.118. The minimum absolute atomic E-state index is 0.118. The van der Waals surface area contributed by atoms with Gasteiger partial charge in [0.05, 0.1) is 12.0 Å². The van der Waals surface area contributed by atoms with Crippen LogP contribution in [0.3, 0.4) is 0 Å². The molecule has 21 heavy (non-hydrogen) atoms. The van der Waals surface area contributed by atoms with Gasteiger partial charge < -0.3 is 5.11 Å². The number of aliphatic hydroxyl groups is 1. The van der Waals surface area contributed by atoms with Gasteiger partial charge >= 0.3 is 5.92 Å². The van der Waals surface area contributed by atoms with Crippen molar-refractivity contribution in [2.24, 2.45) is 5.92 Å². The zero-order valence-electron chi connectivity index (χ0n) is 11.5. The third kappa shape index (κ3) is 2.55. The molecule has 7 heteroatoms. The van der Waals surface area contributed by atoms with E-state index in [2.05, 4.69) is 0 Å². The van der Waals surface area contributed by atoms with E-state index in [4.69, 9.17) is 0 Å². The summed E-state index contributed by atoms with van der Waals surface area (Å²) in [7, 11) is 0. The molecule has 0 aromatic heterocycles. The van der Waals surface area contributed by atoms with E-state index >= 15 is 0 Å². The van der Waals surface area contributed by atoms with Crippen molar-refractivity contribution in [2.45, 2.75) is 25.0 Å². The summed E-state index contributed by atoms with van der Waals surface area (Å²) in [4.78, 5) is 23.8. The number of nitrogens with zero attached hydrogens (tertiary/aromatic N) is 1. The summed E-state index contributed by atoms with van der Waals surface area (Å²) in [6, 6.07) is 5.58. The Morgan fingerprint density at radius 2 is 1.95 bits per heavy atom. The molecule has 1 aliphatic rings. The first-order valence-electron chi connectivity index (χ1n) is 6.35. The number of β-lactam (4-membered cyclic amide) rings is 1. The molecule has 2 rings (SSSR count). The lowest BCUT2D eigenvalue weighted by Crippen LogP contribution is -2.69. The van der Waals surface area contributed by atoms with Crippen LogP contribution in [0, 0.1) is 5.92 Å². The Labute approximate surface area is 125 Å². The molecule has 0 unspecified atom stereocenters. The van der Waals surface area contributed by atoms with Gasteiger partial charge in [-0.2, -0.15) is 8.78 Å². The summed E-state index contributed by atoms with van der Waals surface area (Å²) in [6.07, 6.45) is 0.243. The van der Waals surface area contributed by atoms with Gasteiger partial charge in [-0.1, -0.05) is 42.3 Å². The van der Waals surface area contributed by atoms with Gasteiger partial charge in [0.1, 0.15) is 6.04 Å². The number of carbonyl (C=O) groups excluding carboxylic acids is 2. The van der Waals surface area contributed by atoms with Gasteiger partial charge in [-0.25, -0.2) is 0 Å². The normalized spacial score (nSPS) is 23.7. The number of hydrogen-bond donors (Lipinski definition) is 1. The predicted octanol–water partition coefficient (Wildman–Crippen LogP) is 1.99. The Morgan fingerprint density at radius 3 is 2.43 bits per heavy atom. The van der Waals surface area contributed by atoms with Crippen molar-refractivity contribution >= 4 is 23.6 Å². The standard InChI is InChI=1S/C14H15F2NO3S/c1-8(18)10-11(17(21-2)13(10)20)14(15,16)12(19)9-6-4-3-5-7-9/h3-8,10-11,18H,1-2H3/t8-,10-,11+/m1/s1. The first-order valence-corrected chi connectivity index (χ1v) is 7.53. The Bertz CT molecular complexity index is 550. The van der Waals surface area contributed by atoms with Gasteiger partial charge in [0, 0.05) is 11.8 Å². The van der Waals surface area contributed by atoms with Crippen LogP contribution in [0.2, 0.25) is 0 Å². The van der Waals surface area contributed by atoms with Crippen LogP contribution >= 0.6 is 11.9 Å². The number of alkyl halides is 2. The summed E-state index contributed by atoms with van der Waals surface area (Å²) >= 11 is 0.829. The first-order chi connectivity index (χ1) is 9.82. The third-order valence-corrected chi connectivity index (χ3v) is 4.32. The van der Waals surface area contributed by atoms with E-state index in [1.54, 1.807) is 6.07 Å². The van der Waals surface area contributed by atoms with Crippen molar-refractivity contribution in [2.75, 3.05) is 6.26 Å². The number of ketones is 1. The third-order valence-electron chi connectivity index (χ3n) is 3.52. The highest BCUT2D eigenvalue weighted by atomic mass is 32.2. The Balaban J connectivity index is 2.33. The Morgan fingerprint density at radius 1 is 1.38 bits per heavy atom. The van der Waals surface area contributed by atoms with Crippen molar-refractivity contribution in [1.29, 1.82) is 0 Å². The maximum atomic E-state index is 14.5. The van der Waals surface area contributed by atoms with Crippen LogP contribution in [0.5, 0.6) is 0 Å². The van der Waals surface area contributed by atoms with Gasteiger partial charge in [0.25, 0.3) is 0 Å². The van der Waals surface area contributed by atoms with Gasteiger partial charge in [0.2, 0.25) is 11.7 Å². The van der Waals surface area contributed by atoms with Crippen molar-refractivity contribution < 1.29 is 23.5 Å². The molecule has 1 aromatic carbocycles. The van der Waals surface area contributed by atoms with E-state index in [1.807, 2.05) is 0 Å². The maximum Gasteiger partial charge on any atom is 0.331 e. The molecule has 1 fully saturated rings. The number of halogens is 2. The van der Waals surface area contributed by atoms with Crippen molar-refractivity contribution in [3.05, 3.63) is 35.9 Å². The fourth-order valence-corrected chi connectivity index (χ4v) is 3.24. The molecular formula is C14H15F2NO3S. The minimum atomic E-state index is -3.75. The van der Waals surface area contributed by atoms with Gasteiger partial charge in [-0.15, -0.1) is 0 Å². The lowest BCUT2D eigenvalue weighted by Gasteiger charge is -2.49. The van der Waals surface area contributed by atoms with E-state index in [0.29, 0.717) is 0 Å². The smallest absolute Gasteiger partial charge is 0.331 e. The molecule has 4 nitrogen and oxygen atoms in total. The topological polar surface area (TPSA) is 57.6 Å². The summed E-state index contributed by atoms with van der Waals surface area (Å²) in [5, 5.41) is 9.54. The second-order valence-corrected chi connectivity index (χ2v) is 5.63. The van der Waals surface area contributed by atoms with E-state index in [-0.39, 0.29) is 5.56 Å². The molecule has 1 saturated heterocycles. The number of amides is 1. The number of Topliss-reactive ketones (excluding diaryl/α,β-unsaturated/α-hetero) is 1. The Hall–Kier alpha value is -1.47. The highest BCUT2D eigenvalue weighted by Gasteiger charge is 2.64. The fourth-order valence-electron chi connectivity index (χ4n) is 2.45. The van der Waals surface area contributed by atoms with Crippen LogP contribution in [-0.4, -0.2) is 45.4 Å². The monoisotopic (exact) mass is 315 g/mol. The SMILES string of the molecule is CSN1C(=O)[C@H]([C@@H](C)O)[C@H]1C(F)(F)C(=O)c1ccccc1. The van der Waals surface area contributed by atoms with Crippen molar-refractivity contribution in [3.63, 3.8) is 0 Å². The molecule has 0 bridgehead atoms. The van der Waals surface area contributed by atoms with Crippen molar-refractivity contribution in [3.8, 4) is 0 Å². The zero-order chi connectivity index (χ0) is 15.8. The molecule has 1 aliphatic heterocycles. The molecule has 114 valence electrons. The van der Waals surface area contributed by atoms with E-state index in [1.165, 1.54) is 37.4 Å². The zero-order valence-corrected chi connectivity index (χ0v) is 12.3. The Kier molecular flexibility index (Phi) is 4.34. The largest absolute Gasteiger partial charge is 0.393 e. The fraction of sp³-hybridized carbons (Fsp3) is 0.429. The molecule has 1 aromatic rings. The predicted molar refractivity (Wildman–Crippen MR) is 75.0 cm³/mol. The van der Waals surface area contributed by atoms with Crippen LogP contribution in [-0.2, 0) is 4.79 Å². The summed E-state index contributed by atoms with van der Waals surface area (Å²) < 4.78 is 29.9. The highest BCUT2D eigenvalue weighted by molar-refractivity contribution is 7.96. The maximum absolute atomic E-state index is 14.5. The van der Waals surface area contributed by atoms with E-state index < -0.39 is 35.7 Å². The average Bonchev–Trinajstić information content (AvgIpc) is 2.44. The summed E-state index contributed by atoms with van der Waals surface area (Å²) in [5.74, 6) is -6.94. The van der Waals surface area contributed by atoms with Gasteiger partial charge in [-0.3, -0.25) is 13.9 Å². The second-order valence-electron chi connectivity index (χ2n) is 4.88. The van der Waals surface area contributed by atoms with Crippen LogP contribution in [0.15, 0.2) is 30.3 Å². The molecule has 1 amide bonds. The molecule has 3 atom stereocenters. The average molecular weight is 315 g/mol. The molecule has 0 saturated carbocycles. The van der Waals surface area contributed by atoms with Crippen LogP contribution < -0.4 is 0 Å². The van der Waals surface area contributed by atoms with Crippen LogP contribution in [0.1, 0.15) is 17.3 Å². The van der Waals surface area contributed by atoms with Crippen molar-refractivity contribution in [1.82, 2.24) is 4.31 Å². The number of benzene rings is 1.